The second kappa shape index (κ2) is 5.26. The number of hydrogen-bond acceptors (Lipinski definition) is 1. The fourth-order valence-corrected chi connectivity index (χ4v) is 3.97. The summed E-state index contributed by atoms with van der Waals surface area (Å²) < 4.78 is 15.1. The predicted octanol–water partition coefficient (Wildman–Crippen LogP) is 5.57. The summed E-state index contributed by atoms with van der Waals surface area (Å²) in [6, 6.07) is 3.66. The highest BCUT2D eigenvalue weighted by Crippen LogP contribution is 2.72. The van der Waals surface area contributed by atoms with Crippen molar-refractivity contribution in [1.82, 2.24) is 5.32 Å². The molecule has 1 atom stereocenters. The van der Waals surface area contributed by atoms with Crippen LogP contribution in [0.3, 0.4) is 0 Å². The minimum atomic E-state index is -0.314. The molecule has 1 nitrogen and oxygen atoms in total. The number of rotatable bonds is 4. The lowest BCUT2D eigenvalue weighted by Gasteiger charge is -2.22. The Hall–Kier alpha value is -0.120. The van der Waals surface area contributed by atoms with Gasteiger partial charge in [-0.3, -0.25) is 0 Å². The Balaban J connectivity index is 2.44. The first-order chi connectivity index (χ1) is 9.16. The van der Waals surface area contributed by atoms with Crippen molar-refractivity contribution in [1.29, 1.82) is 0 Å². The van der Waals surface area contributed by atoms with Gasteiger partial charge in [0.15, 0.2) is 0 Å². The van der Waals surface area contributed by atoms with Gasteiger partial charge in [-0.05, 0) is 45.3 Å². The maximum Gasteiger partial charge on any atom is 0.147 e. The average Bonchev–Trinajstić information content (AvgIpc) is 2.75. The fourth-order valence-electron chi connectivity index (χ4n) is 3.49. The van der Waals surface area contributed by atoms with Crippen molar-refractivity contribution in [3.8, 4) is 0 Å². The van der Waals surface area contributed by atoms with Crippen LogP contribution in [0.15, 0.2) is 16.6 Å². The van der Waals surface area contributed by atoms with Crippen LogP contribution in [0.2, 0.25) is 5.02 Å². The fraction of sp³-hybridized carbons (Fsp3) is 0.625. The van der Waals surface area contributed by atoms with Gasteiger partial charge in [-0.2, -0.15) is 0 Å². The molecule has 1 aliphatic rings. The molecule has 0 radical (unpaired) electrons. The molecular formula is C16H22BrClFN. The Morgan fingerprint density at radius 2 is 1.85 bits per heavy atom. The molecule has 0 spiro atoms. The largest absolute Gasteiger partial charge is 0.310 e. The molecule has 4 heteroatoms. The number of benzene rings is 1. The summed E-state index contributed by atoms with van der Waals surface area (Å²) in [7, 11) is 0. The minimum Gasteiger partial charge on any atom is -0.310 e. The SMILES string of the molecule is CCNC(c1ccc(Br)c(Cl)c1F)C1C(C)(C)C1(C)C. The van der Waals surface area contributed by atoms with Gasteiger partial charge in [0.1, 0.15) is 5.82 Å². The summed E-state index contributed by atoms with van der Waals surface area (Å²) >= 11 is 9.32. The monoisotopic (exact) mass is 361 g/mol. The molecule has 1 N–H and O–H groups in total. The van der Waals surface area contributed by atoms with Crippen molar-refractivity contribution >= 4 is 27.5 Å². The molecule has 1 saturated carbocycles. The van der Waals surface area contributed by atoms with Gasteiger partial charge in [0.2, 0.25) is 0 Å². The highest BCUT2D eigenvalue weighted by Gasteiger charge is 2.67. The van der Waals surface area contributed by atoms with E-state index in [1.54, 1.807) is 0 Å². The van der Waals surface area contributed by atoms with Gasteiger partial charge >= 0.3 is 0 Å². The lowest BCUT2D eigenvalue weighted by atomic mass is 9.96. The Labute approximate surface area is 134 Å². The molecule has 0 bridgehead atoms. The number of halogens is 3. The maximum absolute atomic E-state index is 14.5. The zero-order valence-electron chi connectivity index (χ0n) is 12.7. The molecule has 20 heavy (non-hydrogen) atoms. The van der Waals surface area contributed by atoms with E-state index in [4.69, 9.17) is 11.6 Å². The van der Waals surface area contributed by atoms with Crippen molar-refractivity contribution < 1.29 is 4.39 Å². The van der Waals surface area contributed by atoms with Gasteiger partial charge in [-0.15, -0.1) is 0 Å². The third-order valence-electron chi connectivity index (χ3n) is 5.29. The van der Waals surface area contributed by atoms with Crippen LogP contribution in [0, 0.1) is 22.6 Å². The van der Waals surface area contributed by atoms with E-state index in [0.717, 1.165) is 6.54 Å². The third-order valence-corrected chi connectivity index (χ3v) is 6.55. The van der Waals surface area contributed by atoms with Crippen molar-refractivity contribution in [2.24, 2.45) is 16.7 Å². The summed E-state index contributed by atoms with van der Waals surface area (Å²) in [6.45, 7) is 11.9. The molecule has 2 rings (SSSR count). The minimum absolute atomic E-state index is 0.00407. The van der Waals surface area contributed by atoms with Crippen LogP contribution in [-0.2, 0) is 0 Å². The first-order valence-corrected chi connectivity index (χ1v) is 8.20. The van der Waals surface area contributed by atoms with E-state index in [0.29, 0.717) is 16.0 Å². The van der Waals surface area contributed by atoms with Crippen molar-refractivity contribution in [2.75, 3.05) is 6.54 Å². The summed E-state index contributed by atoms with van der Waals surface area (Å²) in [6.07, 6.45) is 0. The quantitative estimate of drug-likeness (QED) is 0.690. The van der Waals surface area contributed by atoms with Gasteiger partial charge in [0.25, 0.3) is 0 Å². The molecule has 0 amide bonds. The van der Waals surface area contributed by atoms with Crippen molar-refractivity contribution in [2.45, 2.75) is 40.7 Å². The van der Waals surface area contributed by atoms with Gasteiger partial charge in [0, 0.05) is 16.1 Å². The summed E-state index contributed by atoms with van der Waals surface area (Å²) in [4.78, 5) is 0. The lowest BCUT2D eigenvalue weighted by molar-refractivity contribution is 0.403. The standard InChI is InChI=1S/C16H22BrClFN/c1-6-20-13(14-15(2,3)16(14,4)5)9-7-8-10(17)11(18)12(9)19/h7-8,13-14,20H,6H2,1-5H3. The molecule has 0 heterocycles. The highest BCUT2D eigenvalue weighted by atomic mass is 79.9. The van der Waals surface area contributed by atoms with Crippen LogP contribution in [-0.4, -0.2) is 6.54 Å². The molecule has 1 aliphatic carbocycles. The molecule has 1 fully saturated rings. The predicted molar refractivity (Wildman–Crippen MR) is 86.6 cm³/mol. The molecule has 0 saturated heterocycles. The molecule has 1 aromatic carbocycles. The van der Waals surface area contributed by atoms with Crippen molar-refractivity contribution in [3.63, 3.8) is 0 Å². The maximum atomic E-state index is 14.5. The van der Waals surface area contributed by atoms with E-state index in [1.807, 2.05) is 19.1 Å². The summed E-state index contributed by atoms with van der Waals surface area (Å²) in [5.41, 5.74) is 1.04. The van der Waals surface area contributed by atoms with E-state index in [-0.39, 0.29) is 27.7 Å². The number of nitrogens with one attached hydrogen (secondary N) is 1. The van der Waals surface area contributed by atoms with E-state index in [9.17, 15) is 4.39 Å². The topological polar surface area (TPSA) is 12.0 Å². The van der Waals surface area contributed by atoms with Crippen LogP contribution < -0.4 is 5.32 Å². The second-order valence-corrected chi connectivity index (χ2v) is 7.95. The van der Waals surface area contributed by atoms with Crippen LogP contribution >= 0.6 is 27.5 Å². The van der Waals surface area contributed by atoms with Crippen LogP contribution in [0.5, 0.6) is 0 Å². The molecule has 1 unspecified atom stereocenters. The molecule has 0 aliphatic heterocycles. The smallest absolute Gasteiger partial charge is 0.147 e. The summed E-state index contributed by atoms with van der Waals surface area (Å²) in [5, 5.41) is 3.61. The zero-order chi connectivity index (χ0) is 15.3. The van der Waals surface area contributed by atoms with E-state index in [2.05, 4.69) is 48.9 Å². The highest BCUT2D eigenvalue weighted by molar-refractivity contribution is 9.10. The molecular weight excluding hydrogens is 341 g/mol. The Bertz CT molecular complexity index is 513. The lowest BCUT2D eigenvalue weighted by Crippen LogP contribution is -2.26. The van der Waals surface area contributed by atoms with E-state index >= 15 is 0 Å². The van der Waals surface area contributed by atoms with E-state index in [1.165, 1.54) is 0 Å². The van der Waals surface area contributed by atoms with Gasteiger partial charge in [-0.25, -0.2) is 4.39 Å². The Morgan fingerprint density at radius 1 is 1.30 bits per heavy atom. The average molecular weight is 363 g/mol. The van der Waals surface area contributed by atoms with Gasteiger partial charge in [0.05, 0.1) is 5.02 Å². The van der Waals surface area contributed by atoms with Gasteiger partial charge < -0.3 is 5.32 Å². The normalized spacial score (nSPS) is 21.8. The van der Waals surface area contributed by atoms with E-state index < -0.39 is 0 Å². The molecule has 112 valence electrons. The Morgan fingerprint density at radius 3 is 2.30 bits per heavy atom. The zero-order valence-corrected chi connectivity index (χ0v) is 15.0. The second-order valence-electron chi connectivity index (χ2n) is 6.72. The third kappa shape index (κ3) is 2.32. The van der Waals surface area contributed by atoms with Gasteiger partial charge in [-0.1, -0.05) is 52.3 Å². The van der Waals surface area contributed by atoms with Crippen LogP contribution in [0.1, 0.15) is 46.2 Å². The first kappa shape index (κ1) is 16.3. The Kier molecular flexibility index (Phi) is 4.27. The number of hydrogen-bond donors (Lipinski definition) is 1. The molecule has 0 aromatic heterocycles. The van der Waals surface area contributed by atoms with Crippen molar-refractivity contribution in [3.05, 3.63) is 33.0 Å². The molecule has 1 aromatic rings. The summed E-state index contributed by atoms with van der Waals surface area (Å²) in [5.74, 6) is 0.0761. The van der Waals surface area contributed by atoms with Crippen LogP contribution in [0.4, 0.5) is 4.39 Å². The first-order valence-electron chi connectivity index (χ1n) is 7.03. The van der Waals surface area contributed by atoms with Crippen LogP contribution in [0.25, 0.3) is 0 Å².